The second-order valence-corrected chi connectivity index (χ2v) is 14.0. The van der Waals surface area contributed by atoms with Gasteiger partial charge in [0.05, 0.1) is 23.2 Å². The van der Waals surface area contributed by atoms with Crippen molar-refractivity contribution in [2.75, 3.05) is 0 Å². The highest BCUT2D eigenvalue weighted by Crippen LogP contribution is 2.47. The first-order valence-corrected chi connectivity index (χ1v) is 16.7. The molecule has 3 fully saturated rings. The van der Waals surface area contributed by atoms with Crippen LogP contribution >= 0.6 is 0 Å². The molecule has 1 heterocycles. The molecule has 3 aliphatic rings. The molecular weight excluding hydrogens is 625 g/mol. The maximum atomic E-state index is 13.7. The number of rotatable bonds is 10. The molecule has 2 bridgehead atoms. The summed E-state index contributed by atoms with van der Waals surface area (Å²) in [6.07, 6.45) is -0.340. The highest BCUT2D eigenvalue weighted by atomic mass is 32.2. The molecule has 0 saturated heterocycles. The van der Waals surface area contributed by atoms with E-state index in [0.29, 0.717) is 34.9 Å². The highest BCUT2D eigenvalue weighted by Gasteiger charge is 2.45. The minimum Gasteiger partial charge on any atom is -0.478 e. The summed E-state index contributed by atoms with van der Waals surface area (Å²) < 4.78 is 86.0. The largest absolute Gasteiger partial charge is 0.573 e. The molecule has 9 nitrogen and oxygen atoms in total. The van der Waals surface area contributed by atoms with Crippen LogP contribution in [0.15, 0.2) is 70.1 Å². The van der Waals surface area contributed by atoms with Gasteiger partial charge in [0.25, 0.3) is 0 Å². The van der Waals surface area contributed by atoms with Crippen molar-refractivity contribution in [2.45, 2.75) is 74.5 Å². The number of nitrogens with zero attached hydrogens (tertiary/aromatic N) is 1. The zero-order chi connectivity index (χ0) is 32.2. The van der Waals surface area contributed by atoms with Crippen LogP contribution in [0.5, 0.6) is 5.75 Å². The standard InChI is InChI=1S/C33H31F3N2O7S/c34-33(35,36)44-27-6-2-1-5-25(27)30-26(31(45-37-30)18-8-9-18)17-43-23-15-20-10-11-21(16-23)29(20)38-46(41,42)28-7-3-4-19-14-22(32(39)40)12-13-24(19)28/h1-7,12-14,18,20-21,23,29,38H,8-11,15-17H2,(H,39,40)/t20-,21+,23-,29+. The first kappa shape index (κ1) is 30.7. The molecule has 13 heteroatoms. The molecule has 4 atom stereocenters. The van der Waals surface area contributed by atoms with E-state index in [0.717, 1.165) is 25.7 Å². The van der Waals surface area contributed by atoms with Gasteiger partial charge in [-0.25, -0.2) is 17.9 Å². The number of carboxylic acid groups (broad SMARTS) is 1. The molecule has 242 valence electrons. The van der Waals surface area contributed by atoms with Crippen LogP contribution in [0.3, 0.4) is 0 Å². The SMILES string of the molecule is O=C(O)c1ccc2c(S(=O)(=O)N[C@H]3[C@@H]4CC[C@H]3C[C@H](OCc3c(-c5ccccc5OC(F)(F)F)noc3C3CC3)C4)cccc2c1. The third-order valence-electron chi connectivity index (χ3n) is 9.32. The average molecular weight is 657 g/mol. The summed E-state index contributed by atoms with van der Waals surface area (Å²) in [4.78, 5) is 11.5. The molecule has 7 rings (SSSR count). The van der Waals surface area contributed by atoms with Gasteiger partial charge >= 0.3 is 12.3 Å². The Hall–Kier alpha value is -3.94. The first-order chi connectivity index (χ1) is 22.0. The molecule has 46 heavy (non-hydrogen) atoms. The van der Waals surface area contributed by atoms with Gasteiger partial charge in [-0.1, -0.05) is 35.5 Å². The molecule has 0 amide bonds. The summed E-state index contributed by atoms with van der Waals surface area (Å²) in [5, 5.41) is 14.5. The molecule has 3 saturated carbocycles. The number of alkyl halides is 3. The quantitative estimate of drug-likeness (QED) is 0.186. The van der Waals surface area contributed by atoms with Crippen LogP contribution in [-0.2, 0) is 21.4 Å². The molecule has 0 aliphatic heterocycles. The first-order valence-electron chi connectivity index (χ1n) is 15.2. The predicted octanol–water partition coefficient (Wildman–Crippen LogP) is 7.02. The number of aromatic carboxylic acids is 1. The highest BCUT2D eigenvalue weighted by molar-refractivity contribution is 7.89. The molecule has 3 aliphatic carbocycles. The summed E-state index contributed by atoms with van der Waals surface area (Å²) in [6.45, 7) is 0.0971. The van der Waals surface area contributed by atoms with Crippen molar-refractivity contribution in [2.24, 2.45) is 11.8 Å². The zero-order valence-electron chi connectivity index (χ0n) is 24.5. The molecule has 2 N–H and O–H groups in total. The molecule has 3 aromatic carbocycles. The van der Waals surface area contributed by atoms with E-state index in [1.165, 1.54) is 42.5 Å². The van der Waals surface area contributed by atoms with Crippen molar-refractivity contribution in [1.82, 2.24) is 9.88 Å². The predicted molar refractivity (Wildman–Crippen MR) is 160 cm³/mol. The van der Waals surface area contributed by atoms with Crippen LogP contribution in [0, 0.1) is 11.8 Å². The lowest BCUT2D eigenvalue weighted by Gasteiger charge is -2.35. The summed E-state index contributed by atoms with van der Waals surface area (Å²) >= 11 is 0. The number of nitrogens with one attached hydrogen (secondary N) is 1. The zero-order valence-corrected chi connectivity index (χ0v) is 25.3. The molecule has 0 spiro atoms. The van der Waals surface area contributed by atoms with Gasteiger partial charge in [-0.3, -0.25) is 0 Å². The van der Waals surface area contributed by atoms with E-state index in [2.05, 4.69) is 14.6 Å². The number of aromatic nitrogens is 1. The van der Waals surface area contributed by atoms with Crippen LogP contribution in [0.2, 0.25) is 0 Å². The fraction of sp³-hybridized carbons (Fsp3) is 0.394. The summed E-state index contributed by atoms with van der Waals surface area (Å²) in [6, 6.07) is 14.7. The Balaban J connectivity index is 1.07. The third kappa shape index (κ3) is 6.10. The second kappa shape index (κ2) is 11.7. The Kier molecular flexibility index (Phi) is 7.81. The number of para-hydroxylation sites is 1. The topological polar surface area (TPSA) is 128 Å². The van der Waals surface area contributed by atoms with Gasteiger partial charge in [-0.05, 0) is 86.1 Å². The van der Waals surface area contributed by atoms with Crippen molar-refractivity contribution >= 4 is 26.8 Å². The van der Waals surface area contributed by atoms with Gasteiger partial charge in [0.15, 0.2) is 0 Å². The van der Waals surface area contributed by atoms with Crippen LogP contribution in [0.1, 0.15) is 66.1 Å². The molecular formula is C33H31F3N2O7S. The lowest BCUT2D eigenvalue weighted by atomic mass is 9.83. The van der Waals surface area contributed by atoms with Gasteiger partial charge in [-0.2, -0.15) is 0 Å². The number of benzene rings is 3. The second-order valence-electron chi connectivity index (χ2n) is 12.3. The van der Waals surface area contributed by atoms with Gasteiger partial charge in [0, 0.05) is 28.5 Å². The Morgan fingerprint density at radius 3 is 2.43 bits per heavy atom. The van der Waals surface area contributed by atoms with E-state index < -0.39 is 22.4 Å². The van der Waals surface area contributed by atoms with E-state index in [1.54, 1.807) is 18.2 Å². The molecule has 4 aromatic rings. The van der Waals surface area contributed by atoms with Gasteiger partial charge < -0.3 is 19.1 Å². The Labute approximate surface area is 262 Å². The lowest BCUT2D eigenvalue weighted by Crippen LogP contribution is -2.46. The fourth-order valence-corrected chi connectivity index (χ4v) is 8.68. The minimum atomic E-state index is -4.87. The average Bonchev–Trinajstić information content (AvgIpc) is 3.73. The van der Waals surface area contributed by atoms with E-state index in [9.17, 15) is 31.5 Å². The normalized spacial score (nSPS) is 23.1. The van der Waals surface area contributed by atoms with Crippen LogP contribution in [0.25, 0.3) is 22.0 Å². The van der Waals surface area contributed by atoms with E-state index in [4.69, 9.17) is 9.26 Å². The van der Waals surface area contributed by atoms with Crippen LogP contribution in [0.4, 0.5) is 13.2 Å². The number of hydrogen-bond donors (Lipinski definition) is 2. The monoisotopic (exact) mass is 656 g/mol. The number of sulfonamides is 1. The Morgan fingerprint density at radius 1 is 1.00 bits per heavy atom. The maximum absolute atomic E-state index is 13.7. The number of carboxylic acids is 1. The minimum absolute atomic E-state index is 0.0397. The number of hydrogen-bond acceptors (Lipinski definition) is 7. The van der Waals surface area contributed by atoms with E-state index in [-0.39, 0.29) is 64.0 Å². The van der Waals surface area contributed by atoms with Gasteiger partial charge in [0.2, 0.25) is 10.0 Å². The van der Waals surface area contributed by atoms with Crippen molar-refractivity contribution in [3.8, 4) is 17.0 Å². The Morgan fingerprint density at radius 2 is 1.74 bits per heavy atom. The van der Waals surface area contributed by atoms with E-state index in [1.807, 2.05) is 0 Å². The molecule has 0 unspecified atom stereocenters. The van der Waals surface area contributed by atoms with Crippen molar-refractivity contribution in [3.63, 3.8) is 0 Å². The lowest BCUT2D eigenvalue weighted by molar-refractivity contribution is -0.274. The molecule has 1 aromatic heterocycles. The van der Waals surface area contributed by atoms with E-state index >= 15 is 0 Å². The number of fused-ring (bicyclic) bond motifs is 3. The fourth-order valence-electron chi connectivity index (χ4n) is 7.08. The third-order valence-corrected chi connectivity index (χ3v) is 10.8. The van der Waals surface area contributed by atoms with Crippen molar-refractivity contribution in [1.29, 1.82) is 0 Å². The smallest absolute Gasteiger partial charge is 0.478 e. The van der Waals surface area contributed by atoms with Crippen molar-refractivity contribution in [3.05, 3.63) is 77.6 Å². The summed E-state index contributed by atoms with van der Waals surface area (Å²) in [5.74, 6) is -0.622. The van der Waals surface area contributed by atoms with Crippen LogP contribution < -0.4 is 9.46 Å². The Bertz CT molecular complexity index is 1890. The van der Waals surface area contributed by atoms with Gasteiger partial charge in [0.1, 0.15) is 17.2 Å². The summed E-state index contributed by atoms with van der Waals surface area (Å²) in [5.41, 5.74) is 1.11. The van der Waals surface area contributed by atoms with Gasteiger partial charge in [-0.15, -0.1) is 13.2 Å². The molecule has 0 radical (unpaired) electrons. The summed E-state index contributed by atoms with van der Waals surface area (Å²) in [7, 11) is -3.92. The number of ether oxygens (including phenoxy) is 2. The van der Waals surface area contributed by atoms with Crippen LogP contribution in [-0.4, -0.2) is 43.2 Å². The number of carbonyl (C=O) groups is 1. The maximum Gasteiger partial charge on any atom is 0.573 e. The number of halogens is 3. The van der Waals surface area contributed by atoms with Crippen molar-refractivity contribution < 1.29 is 45.5 Å².